The Kier molecular flexibility index (Phi) is 3.80. The van der Waals surface area contributed by atoms with Gasteiger partial charge in [0.2, 0.25) is 0 Å². The first-order chi connectivity index (χ1) is 9.23. The monoisotopic (exact) mass is 295 g/mol. The fourth-order valence-electron chi connectivity index (χ4n) is 2.28. The van der Waals surface area contributed by atoms with Crippen LogP contribution in [0.5, 0.6) is 5.75 Å². The van der Waals surface area contributed by atoms with Gasteiger partial charge in [-0.2, -0.15) is 22.0 Å². The maximum Gasteiger partial charge on any atom is 0.458 e. The lowest BCUT2D eigenvalue weighted by Crippen LogP contribution is -2.34. The summed E-state index contributed by atoms with van der Waals surface area (Å²) in [5.41, 5.74) is -1.12. The van der Waals surface area contributed by atoms with Crippen LogP contribution in [0, 0.1) is 0 Å². The van der Waals surface area contributed by atoms with E-state index in [2.05, 4.69) is 0 Å². The number of piperidine rings is 1. The van der Waals surface area contributed by atoms with Gasteiger partial charge in [-0.05, 0) is 37.5 Å². The van der Waals surface area contributed by atoms with Crippen molar-refractivity contribution in [2.45, 2.75) is 31.4 Å². The summed E-state index contributed by atoms with van der Waals surface area (Å²) in [6.07, 6.45) is -2.98. The third kappa shape index (κ3) is 2.66. The highest BCUT2D eigenvalue weighted by molar-refractivity contribution is 5.54. The number of phenols is 1. The van der Waals surface area contributed by atoms with Crippen molar-refractivity contribution >= 4 is 5.69 Å². The van der Waals surface area contributed by atoms with Crippen LogP contribution in [0.4, 0.5) is 27.6 Å². The van der Waals surface area contributed by atoms with E-state index in [0.29, 0.717) is 13.1 Å². The molecule has 2 rings (SSSR count). The molecule has 0 aromatic heterocycles. The van der Waals surface area contributed by atoms with E-state index in [1.54, 1.807) is 4.90 Å². The number of alkyl halides is 5. The van der Waals surface area contributed by atoms with Crippen LogP contribution >= 0.6 is 0 Å². The minimum atomic E-state index is -5.73. The van der Waals surface area contributed by atoms with Gasteiger partial charge in [0.15, 0.2) is 0 Å². The van der Waals surface area contributed by atoms with E-state index < -0.39 is 23.4 Å². The summed E-state index contributed by atoms with van der Waals surface area (Å²) in [6.45, 7) is 1.23. The summed E-state index contributed by atoms with van der Waals surface area (Å²) in [5, 5.41) is 9.33. The van der Waals surface area contributed by atoms with Crippen molar-refractivity contribution in [2.75, 3.05) is 18.0 Å². The second kappa shape index (κ2) is 5.10. The molecule has 0 radical (unpaired) electrons. The van der Waals surface area contributed by atoms with E-state index in [9.17, 15) is 27.1 Å². The van der Waals surface area contributed by atoms with Crippen molar-refractivity contribution in [3.8, 4) is 5.75 Å². The predicted octanol–water partition coefficient (Wildman–Crippen LogP) is 4.04. The van der Waals surface area contributed by atoms with Crippen molar-refractivity contribution in [1.82, 2.24) is 0 Å². The van der Waals surface area contributed by atoms with Crippen molar-refractivity contribution in [3.05, 3.63) is 23.8 Å². The smallest absolute Gasteiger partial charge is 0.458 e. The zero-order chi connectivity index (χ0) is 15.0. The Morgan fingerprint density at radius 1 is 0.950 bits per heavy atom. The quantitative estimate of drug-likeness (QED) is 0.832. The molecule has 1 aliphatic heterocycles. The lowest BCUT2D eigenvalue weighted by Gasteiger charge is -2.30. The number of phenolic OH excluding ortho intramolecular Hbond substituents is 1. The molecule has 0 amide bonds. The maximum absolute atomic E-state index is 13.4. The minimum absolute atomic E-state index is 0.279. The number of rotatable bonds is 2. The number of hydrogen-bond donors (Lipinski definition) is 1. The summed E-state index contributed by atoms with van der Waals surface area (Å²) in [5.74, 6) is -6.11. The molecule has 1 heterocycles. The molecule has 112 valence electrons. The van der Waals surface area contributed by atoms with Crippen molar-refractivity contribution in [1.29, 1.82) is 0 Å². The van der Waals surface area contributed by atoms with E-state index in [1.807, 2.05) is 0 Å². The molecule has 1 aliphatic rings. The number of anilines is 1. The molecule has 1 aromatic rings. The molecule has 1 fully saturated rings. The van der Waals surface area contributed by atoms with Gasteiger partial charge in [-0.3, -0.25) is 0 Å². The molecule has 1 aromatic carbocycles. The van der Waals surface area contributed by atoms with E-state index in [0.717, 1.165) is 31.4 Å². The highest BCUT2D eigenvalue weighted by Gasteiger charge is 2.60. The Morgan fingerprint density at radius 2 is 1.55 bits per heavy atom. The summed E-state index contributed by atoms with van der Waals surface area (Å²) < 4.78 is 63.9. The third-order valence-electron chi connectivity index (χ3n) is 3.40. The third-order valence-corrected chi connectivity index (χ3v) is 3.40. The second-order valence-corrected chi connectivity index (χ2v) is 4.82. The predicted molar refractivity (Wildman–Crippen MR) is 64.1 cm³/mol. The molecular weight excluding hydrogens is 281 g/mol. The Morgan fingerprint density at radius 3 is 2.10 bits per heavy atom. The summed E-state index contributed by atoms with van der Waals surface area (Å²) in [4.78, 5) is 1.75. The number of halogens is 5. The average Bonchev–Trinajstić information content (AvgIpc) is 2.38. The van der Waals surface area contributed by atoms with E-state index >= 15 is 0 Å². The molecule has 2 nitrogen and oxygen atoms in total. The van der Waals surface area contributed by atoms with Gasteiger partial charge in [0, 0.05) is 18.8 Å². The highest BCUT2D eigenvalue weighted by atomic mass is 19.4. The number of nitrogens with zero attached hydrogens (tertiary/aromatic N) is 1. The van der Waals surface area contributed by atoms with Gasteiger partial charge in [0.25, 0.3) is 0 Å². The van der Waals surface area contributed by atoms with Crippen molar-refractivity contribution in [2.24, 2.45) is 0 Å². The van der Waals surface area contributed by atoms with Gasteiger partial charge >= 0.3 is 12.1 Å². The molecule has 1 N–H and O–H groups in total. The Bertz CT molecular complexity index is 480. The Labute approximate surface area is 112 Å². The zero-order valence-electron chi connectivity index (χ0n) is 10.6. The van der Waals surface area contributed by atoms with Crippen LogP contribution in [-0.4, -0.2) is 24.4 Å². The maximum atomic E-state index is 13.4. The minimum Gasteiger partial charge on any atom is -0.507 e. The molecule has 0 saturated carbocycles. The molecule has 0 aliphatic carbocycles. The zero-order valence-corrected chi connectivity index (χ0v) is 10.6. The average molecular weight is 295 g/mol. The fraction of sp³-hybridized carbons (Fsp3) is 0.538. The van der Waals surface area contributed by atoms with Crippen LogP contribution in [0.3, 0.4) is 0 Å². The molecule has 1 saturated heterocycles. The number of hydrogen-bond acceptors (Lipinski definition) is 2. The first-order valence-corrected chi connectivity index (χ1v) is 6.26. The van der Waals surface area contributed by atoms with Crippen LogP contribution in [0.1, 0.15) is 24.8 Å². The SMILES string of the molecule is Oc1ccc(N2CCCCC2)cc1C(F)(F)C(F)(F)F. The fourth-order valence-corrected chi connectivity index (χ4v) is 2.28. The lowest BCUT2D eigenvalue weighted by atomic mass is 10.0. The van der Waals surface area contributed by atoms with Gasteiger partial charge < -0.3 is 10.0 Å². The van der Waals surface area contributed by atoms with Gasteiger partial charge in [-0.1, -0.05) is 0 Å². The first-order valence-electron chi connectivity index (χ1n) is 6.26. The van der Waals surface area contributed by atoms with Crippen molar-refractivity contribution in [3.63, 3.8) is 0 Å². The Hall–Kier alpha value is -1.53. The summed E-state index contributed by atoms with van der Waals surface area (Å²) in [7, 11) is 0. The normalized spacial score (nSPS) is 17.4. The van der Waals surface area contributed by atoms with Crippen LogP contribution in [0.15, 0.2) is 18.2 Å². The first kappa shape index (κ1) is 14.9. The number of benzene rings is 1. The highest BCUT2D eigenvalue weighted by Crippen LogP contribution is 2.47. The van der Waals surface area contributed by atoms with E-state index in [4.69, 9.17) is 0 Å². The van der Waals surface area contributed by atoms with E-state index in [1.165, 1.54) is 6.07 Å². The molecule has 7 heteroatoms. The van der Waals surface area contributed by atoms with Gasteiger partial charge in [0.1, 0.15) is 5.75 Å². The molecular formula is C13H14F5NO. The summed E-state index contributed by atoms with van der Waals surface area (Å²) in [6, 6.07) is 2.98. The van der Waals surface area contributed by atoms with Gasteiger partial charge in [0.05, 0.1) is 5.56 Å². The van der Waals surface area contributed by atoms with E-state index in [-0.39, 0.29) is 5.69 Å². The lowest BCUT2D eigenvalue weighted by molar-refractivity contribution is -0.289. The Balaban J connectivity index is 2.38. The van der Waals surface area contributed by atoms with Crippen LogP contribution < -0.4 is 4.90 Å². The van der Waals surface area contributed by atoms with Gasteiger partial charge in [-0.25, -0.2) is 0 Å². The standard InChI is InChI=1S/C13H14F5NO/c14-12(15,13(16,17)18)10-8-9(4-5-11(10)20)19-6-2-1-3-7-19/h4-5,8,20H,1-3,6-7H2. The van der Waals surface area contributed by atoms with Crippen LogP contribution in [0.25, 0.3) is 0 Å². The van der Waals surface area contributed by atoms with Gasteiger partial charge in [-0.15, -0.1) is 0 Å². The summed E-state index contributed by atoms with van der Waals surface area (Å²) >= 11 is 0. The van der Waals surface area contributed by atoms with Crippen LogP contribution in [0.2, 0.25) is 0 Å². The topological polar surface area (TPSA) is 23.5 Å². The number of aromatic hydroxyl groups is 1. The van der Waals surface area contributed by atoms with Crippen LogP contribution in [-0.2, 0) is 5.92 Å². The molecule has 0 unspecified atom stereocenters. The molecule has 0 atom stereocenters. The van der Waals surface area contributed by atoms with Crippen molar-refractivity contribution < 1.29 is 27.1 Å². The molecule has 0 bridgehead atoms. The molecule has 20 heavy (non-hydrogen) atoms. The largest absolute Gasteiger partial charge is 0.507 e. The second-order valence-electron chi connectivity index (χ2n) is 4.82. The molecule has 0 spiro atoms.